The molecule has 0 saturated carbocycles. The molecule has 4 rings (SSSR count). The van der Waals surface area contributed by atoms with Gasteiger partial charge in [-0.1, -0.05) is 18.2 Å². The Morgan fingerprint density at radius 3 is 2.84 bits per heavy atom. The van der Waals surface area contributed by atoms with Crippen molar-refractivity contribution in [3.8, 4) is 11.5 Å². The number of pyridine rings is 1. The van der Waals surface area contributed by atoms with Gasteiger partial charge in [0.15, 0.2) is 0 Å². The van der Waals surface area contributed by atoms with E-state index in [2.05, 4.69) is 22.0 Å². The Hall–Kier alpha value is -2.11. The van der Waals surface area contributed by atoms with Crippen molar-refractivity contribution in [1.29, 1.82) is 0 Å². The number of nitrogens with zero attached hydrogens (tertiary/aromatic N) is 2. The van der Waals surface area contributed by atoms with Gasteiger partial charge >= 0.3 is 0 Å². The summed E-state index contributed by atoms with van der Waals surface area (Å²) >= 11 is 0. The van der Waals surface area contributed by atoms with Crippen LogP contribution in [0.15, 0.2) is 48.8 Å². The van der Waals surface area contributed by atoms with Gasteiger partial charge in [0.25, 0.3) is 0 Å². The second-order valence-corrected chi connectivity index (χ2v) is 6.80. The lowest BCUT2D eigenvalue weighted by Gasteiger charge is -2.20. The molecule has 132 valence electrons. The molecule has 0 bridgehead atoms. The van der Waals surface area contributed by atoms with Gasteiger partial charge in [-0.25, -0.2) is 0 Å². The molecule has 0 amide bonds. The first-order chi connectivity index (χ1) is 12.3. The van der Waals surface area contributed by atoms with Gasteiger partial charge in [0.1, 0.15) is 11.5 Å². The first kappa shape index (κ1) is 16.4. The summed E-state index contributed by atoms with van der Waals surface area (Å²) in [7, 11) is 1.73. The van der Waals surface area contributed by atoms with Crippen molar-refractivity contribution in [2.75, 3.05) is 33.4 Å². The molecule has 0 N–H and O–H groups in total. The molecular formula is C20H24N2O3. The monoisotopic (exact) mass is 340 g/mol. The zero-order valence-electron chi connectivity index (χ0n) is 14.5. The zero-order chi connectivity index (χ0) is 17.1. The van der Waals surface area contributed by atoms with Crippen LogP contribution in [0.3, 0.4) is 0 Å². The quantitative estimate of drug-likeness (QED) is 0.809. The number of aromatic nitrogens is 1. The van der Waals surface area contributed by atoms with E-state index in [1.54, 1.807) is 19.5 Å². The van der Waals surface area contributed by atoms with Gasteiger partial charge in [0.05, 0.1) is 26.4 Å². The van der Waals surface area contributed by atoms with E-state index in [-0.39, 0.29) is 0 Å². The lowest BCUT2D eigenvalue weighted by molar-refractivity contribution is 0.0896. The van der Waals surface area contributed by atoms with Crippen LogP contribution in [0.5, 0.6) is 11.5 Å². The van der Waals surface area contributed by atoms with Crippen LogP contribution in [-0.2, 0) is 11.3 Å². The first-order valence-corrected chi connectivity index (χ1v) is 8.82. The van der Waals surface area contributed by atoms with E-state index in [0.29, 0.717) is 24.5 Å². The Bertz CT molecular complexity index is 694. The van der Waals surface area contributed by atoms with Crippen LogP contribution in [0.2, 0.25) is 0 Å². The molecule has 2 fully saturated rings. The minimum absolute atomic E-state index is 0.320. The van der Waals surface area contributed by atoms with Gasteiger partial charge in [-0.15, -0.1) is 0 Å². The van der Waals surface area contributed by atoms with Crippen LogP contribution in [0, 0.1) is 11.8 Å². The lowest BCUT2D eigenvalue weighted by Crippen LogP contribution is -2.26. The highest BCUT2D eigenvalue weighted by atomic mass is 16.5. The van der Waals surface area contributed by atoms with Crippen molar-refractivity contribution in [2.45, 2.75) is 12.6 Å². The van der Waals surface area contributed by atoms with E-state index in [0.717, 1.165) is 37.7 Å². The molecule has 0 spiro atoms. The molecule has 0 unspecified atom stereocenters. The van der Waals surface area contributed by atoms with E-state index < -0.39 is 0 Å². The van der Waals surface area contributed by atoms with E-state index in [9.17, 15) is 0 Å². The Balaban J connectivity index is 1.35. The van der Waals surface area contributed by atoms with E-state index in [1.165, 1.54) is 5.56 Å². The van der Waals surface area contributed by atoms with E-state index in [4.69, 9.17) is 14.2 Å². The van der Waals surface area contributed by atoms with Crippen LogP contribution >= 0.6 is 0 Å². The maximum Gasteiger partial charge on any atom is 0.123 e. The molecule has 25 heavy (non-hydrogen) atoms. The van der Waals surface area contributed by atoms with Crippen molar-refractivity contribution in [3.63, 3.8) is 0 Å². The summed E-state index contributed by atoms with van der Waals surface area (Å²) in [5.74, 6) is 2.82. The maximum absolute atomic E-state index is 6.04. The number of hydrogen-bond acceptors (Lipinski definition) is 5. The number of likely N-dealkylation sites (tertiary alicyclic amines) is 1. The highest BCUT2D eigenvalue weighted by molar-refractivity contribution is 5.33. The van der Waals surface area contributed by atoms with Crippen LogP contribution in [0.1, 0.15) is 5.56 Å². The summed E-state index contributed by atoms with van der Waals surface area (Å²) in [5, 5.41) is 0. The molecule has 3 atom stereocenters. The highest BCUT2D eigenvalue weighted by Crippen LogP contribution is 2.35. The summed E-state index contributed by atoms with van der Waals surface area (Å²) in [6.07, 6.45) is 3.84. The van der Waals surface area contributed by atoms with E-state index >= 15 is 0 Å². The molecule has 2 aromatic rings. The second-order valence-electron chi connectivity index (χ2n) is 6.80. The van der Waals surface area contributed by atoms with Crippen molar-refractivity contribution >= 4 is 0 Å². The fraction of sp³-hybridized carbons (Fsp3) is 0.450. The van der Waals surface area contributed by atoms with Crippen molar-refractivity contribution < 1.29 is 14.2 Å². The van der Waals surface area contributed by atoms with Gasteiger partial charge in [-0.2, -0.15) is 0 Å². The third-order valence-electron chi connectivity index (χ3n) is 5.21. The van der Waals surface area contributed by atoms with Crippen molar-refractivity contribution in [1.82, 2.24) is 9.88 Å². The third-order valence-corrected chi connectivity index (χ3v) is 5.21. The minimum Gasteiger partial charge on any atom is -0.496 e. The minimum atomic E-state index is 0.320. The average Bonchev–Trinajstić information content (AvgIpc) is 3.22. The predicted octanol–water partition coefficient (Wildman–Crippen LogP) is 2.62. The molecule has 3 heterocycles. The maximum atomic E-state index is 6.04. The standard InChI is InChI=1S/C20H24N2O3/c1-23-19-5-3-2-4-15(19)10-22-11-18-16(14-25-20(18)12-22)13-24-17-6-8-21-9-7-17/h2-9,16,18,20H,10-14H2,1H3/t16-,18-,20-/m0/s1. The molecule has 2 aliphatic heterocycles. The van der Waals surface area contributed by atoms with Gasteiger partial charge in [0, 0.05) is 49.4 Å². The van der Waals surface area contributed by atoms with Gasteiger partial charge in [-0.3, -0.25) is 9.88 Å². The Kier molecular flexibility index (Phi) is 4.85. The van der Waals surface area contributed by atoms with Gasteiger partial charge in [-0.05, 0) is 18.2 Å². The van der Waals surface area contributed by atoms with Crippen molar-refractivity contribution in [2.24, 2.45) is 11.8 Å². The van der Waals surface area contributed by atoms with Crippen molar-refractivity contribution in [3.05, 3.63) is 54.4 Å². The SMILES string of the molecule is COc1ccccc1CN1C[C@H]2[C@@H](COc3ccncc3)CO[C@H]2C1. The fourth-order valence-electron chi connectivity index (χ4n) is 3.89. The number of hydrogen-bond donors (Lipinski definition) is 0. The van der Waals surface area contributed by atoms with Crippen LogP contribution in [-0.4, -0.2) is 49.4 Å². The van der Waals surface area contributed by atoms with Crippen LogP contribution in [0.25, 0.3) is 0 Å². The number of fused-ring (bicyclic) bond motifs is 1. The third kappa shape index (κ3) is 3.62. The normalized spacial score (nSPS) is 25.7. The number of rotatable bonds is 6. The highest BCUT2D eigenvalue weighted by Gasteiger charge is 2.44. The number of para-hydroxylation sites is 1. The Morgan fingerprint density at radius 1 is 1.16 bits per heavy atom. The Morgan fingerprint density at radius 2 is 2.00 bits per heavy atom. The molecule has 5 heteroatoms. The molecule has 2 aliphatic rings. The molecule has 1 aromatic heterocycles. The summed E-state index contributed by atoms with van der Waals surface area (Å²) in [6, 6.07) is 12.0. The first-order valence-electron chi connectivity index (χ1n) is 8.82. The fourth-order valence-corrected chi connectivity index (χ4v) is 3.89. The molecular weight excluding hydrogens is 316 g/mol. The smallest absolute Gasteiger partial charge is 0.123 e. The Labute approximate surface area is 148 Å². The predicted molar refractivity (Wildman–Crippen MR) is 94.7 cm³/mol. The van der Waals surface area contributed by atoms with Gasteiger partial charge < -0.3 is 14.2 Å². The largest absolute Gasteiger partial charge is 0.496 e. The number of ether oxygens (including phenoxy) is 3. The van der Waals surface area contributed by atoms with E-state index in [1.807, 2.05) is 24.3 Å². The molecule has 5 nitrogen and oxygen atoms in total. The summed E-state index contributed by atoms with van der Waals surface area (Å²) in [4.78, 5) is 6.48. The number of benzene rings is 1. The zero-order valence-corrected chi connectivity index (χ0v) is 14.5. The molecule has 0 aliphatic carbocycles. The lowest BCUT2D eigenvalue weighted by atomic mass is 9.94. The van der Waals surface area contributed by atoms with Crippen LogP contribution < -0.4 is 9.47 Å². The number of methoxy groups -OCH3 is 1. The average molecular weight is 340 g/mol. The summed E-state index contributed by atoms with van der Waals surface area (Å²) in [6.45, 7) is 4.43. The molecule has 2 saturated heterocycles. The topological polar surface area (TPSA) is 43.8 Å². The molecule has 0 radical (unpaired) electrons. The van der Waals surface area contributed by atoms with Crippen LogP contribution in [0.4, 0.5) is 0 Å². The molecule has 1 aromatic carbocycles. The second kappa shape index (κ2) is 7.42. The summed E-state index contributed by atoms with van der Waals surface area (Å²) in [5.41, 5.74) is 1.23. The van der Waals surface area contributed by atoms with Gasteiger partial charge in [0.2, 0.25) is 0 Å². The summed E-state index contributed by atoms with van der Waals surface area (Å²) < 4.78 is 17.4.